The molecule has 0 atom stereocenters. The number of amides is 1. The van der Waals surface area contributed by atoms with Crippen molar-refractivity contribution in [2.45, 2.75) is 6.92 Å². The highest BCUT2D eigenvalue weighted by molar-refractivity contribution is 6.00. The summed E-state index contributed by atoms with van der Waals surface area (Å²) in [5, 5.41) is 4.90. The predicted octanol–water partition coefficient (Wildman–Crippen LogP) is 3.07. The molecule has 0 aliphatic heterocycles. The molecule has 1 heterocycles. The van der Waals surface area contributed by atoms with Gasteiger partial charge in [-0.2, -0.15) is 5.10 Å². The molecular formula is C19H17N3O3. The maximum Gasteiger partial charge on any atom is 0.271 e. The van der Waals surface area contributed by atoms with E-state index in [1.165, 1.54) is 13.1 Å². The first kappa shape index (κ1) is 16.4. The lowest BCUT2D eigenvalue weighted by atomic mass is 10.2. The van der Waals surface area contributed by atoms with Crippen molar-refractivity contribution in [3.63, 3.8) is 0 Å². The number of methoxy groups -OCH3 is 1. The molecule has 0 bridgehead atoms. The Labute approximate surface area is 144 Å². The fourth-order valence-corrected chi connectivity index (χ4v) is 2.59. The summed E-state index contributed by atoms with van der Waals surface area (Å²) in [4.78, 5) is 24.0. The van der Waals surface area contributed by atoms with Crippen molar-refractivity contribution < 1.29 is 14.3 Å². The first-order valence-corrected chi connectivity index (χ1v) is 7.69. The second-order valence-corrected chi connectivity index (χ2v) is 5.41. The molecular weight excluding hydrogens is 318 g/mol. The van der Waals surface area contributed by atoms with Crippen LogP contribution in [0.1, 0.15) is 27.8 Å². The average molecular weight is 335 g/mol. The van der Waals surface area contributed by atoms with Crippen LogP contribution >= 0.6 is 0 Å². The molecule has 1 N–H and O–H groups in total. The number of para-hydroxylation sites is 1. The predicted molar refractivity (Wildman–Crippen MR) is 96.3 cm³/mol. The van der Waals surface area contributed by atoms with Gasteiger partial charge in [0.05, 0.1) is 24.5 Å². The van der Waals surface area contributed by atoms with Crippen molar-refractivity contribution in [3.8, 4) is 5.75 Å². The third kappa shape index (κ3) is 3.42. The third-order valence-electron chi connectivity index (χ3n) is 3.77. The van der Waals surface area contributed by atoms with Crippen LogP contribution in [0.25, 0.3) is 10.9 Å². The minimum atomic E-state index is -0.343. The molecule has 0 unspecified atom stereocenters. The van der Waals surface area contributed by atoms with Gasteiger partial charge in [0.15, 0.2) is 0 Å². The highest BCUT2D eigenvalue weighted by Gasteiger charge is 2.10. The largest absolute Gasteiger partial charge is 0.497 e. The molecule has 25 heavy (non-hydrogen) atoms. The summed E-state index contributed by atoms with van der Waals surface area (Å²) in [7, 11) is 1.56. The summed E-state index contributed by atoms with van der Waals surface area (Å²) >= 11 is 0. The van der Waals surface area contributed by atoms with Crippen molar-refractivity contribution in [1.29, 1.82) is 0 Å². The van der Waals surface area contributed by atoms with Crippen LogP contribution in [-0.2, 0) is 0 Å². The van der Waals surface area contributed by atoms with Crippen LogP contribution in [0.3, 0.4) is 0 Å². The molecule has 6 nitrogen and oxygen atoms in total. The number of ether oxygens (including phenoxy) is 1. The van der Waals surface area contributed by atoms with Crippen LogP contribution < -0.4 is 10.2 Å². The summed E-state index contributed by atoms with van der Waals surface area (Å²) in [5.41, 5.74) is 4.33. The number of hydrogen-bond acceptors (Lipinski definition) is 4. The Hall–Kier alpha value is -3.41. The molecule has 1 amide bonds. The minimum absolute atomic E-state index is 0.121. The van der Waals surface area contributed by atoms with Crippen molar-refractivity contribution >= 4 is 28.9 Å². The number of fused-ring (bicyclic) bond motifs is 1. The van der Waals surface area contributed by atoms with Crippen molar-refractivity contribution in [2.24, 2.45) is 5.10 Å². The molecule has 3 rings (SSSR count). The number of carbonyl (C=O) groups excluding carboxylic acids is 2. The lowest BCUT2D eigenvalue weighted by Crippen LogP contribution is -2.18. The van der Waals surface area contributed by atoms with E-state index in [2.05, 4.69) is 10.5 Å². The van der Waals surface area contributed by atoms with Gasteiger partial charge in [-0.15, -0.1) is 0 Å². The monoisotopic (exact) mass is 335 g/mol. The molecule has 6 heteroatoms. The molecule has 0 radical (unpaired) electrons. The first-order chi connectivity index (χ1) is 12.1. The van der Waals surface area contributed by atoms with E-state index in [4.69, 9.17) is 4.74 Å². The lowest BCUT2D eigenvalue weighted by Gasteiger charge is -2.03. The Morgan fingerprint density at radius 3 is 2.52 bits per heavy atom. The maximum atomic E-state index is 12.1. The normalized spacial score (nSPS) is 11.0. The third-order valence-corrected chi connectivity index (χ3v) is 3.77. The van der Waals surface area contributed by atoms with E-state index in [-0.39, 0.29) is 11.8 Å². The maximum absolute atomic E-state index is 12.1. The fraction of sp³-hybridized carbons (Fsp3) is 0.105. The van der Waals surface area contributed by atoms with Gasteiger partial charge in [0.2, 0.25) is 5.91 Å². The van der Waals surface area contributed by atoms with Gasteiger partial charge >= 0.3 is 0 Å². The Morgan fingerprint density at radius 1 is 1.12 bits per heavy atom. The summed E-state index contributed by atoms with van der Waals surface area (Å²) in [6, 6.07) is 16.1. The first-order valence-electron chi connectivity index (χ1n) is 7.69. The topological polar surface area (TPSA) is 72.7 Å². The zero-order valence-electron chi connectivity index (χ0n) is 13.9. The van der Waals surface area contributed by atoms with Gasteiger partial charge in [-0.3, -0.25) is 14.2 Å². The lowest BCUT2D eigenvalue weighted by molar-refractivity contribution is 0.0938. The molecule has 0 aliphatic rings. The number of aromatic nitrogens is 1. The van der Waals surface area contributed by atoms with Gasteiger partial charge in [-0.05, 0) is 36.4 Å². The molecule has 0 saturated carbocycles. The van der Waals surface area contributed by atoms with Crippen LogP contribution in [0.5, 0.6) is 5.75 Å². The molecule has 0 aliphatic carbocycles. The number of carbonyl (C=O) groups is 2. The molecule has 0 saturated heterocycles. The molecule has 1 aromatic heterocycles. The average Bonchev–Trinajstić information content (AvgIpc) is 3.00. The van der Waals surface area contributed by atoms with E-state index in [9.17, 15) is 9.59 Å². The number of hydrogen-bond donors (Lipinski definition) is 1. The van der Waals surface area contributed by atoms with E-state index < -0.39 is 0 Å². The second-order valence-electron chi connectivity index (χ2n) is 5.41. The van der Waals surface area contributed by atoms with Crippen LogP contribution in [0.2, 0.25) is 0 Å². The Balaban J connectivity index is 1.80. The molecule has 126 valence electrons. The number of hydrazone groups is 1. The van der Waals surface area contributed by atoms with Crippen LogP contribution in [-0.4, -0.2) is 29.7 Å². The van der Waals surface area contributed by atoms with E-state index in [0.717, 1.165) is 10.9 Å². The van der Waals surface area contributed by atoms with Crippen molar-refractivity contribution in [1.82, 2.24) is 9.99 Å². The van der Waals surface area contributed by atoms with Crippen molar-refractivity contribution in [3.05, 3.63) is 65.9 Å². The zero-order valence-corrected chi connectivity index (χ0v) is 13.9. The summed E-state index contributed by atoms with van der Waals surface area (Å²) in [6.07, 6.45) is 1.46. The fourth-order valence-electron chi connectivity index (χ4n) is 2.59. The van der Waals surface area contributed by atoms with E-state index >= 15 is 0 Å². The standard InChI is InChI=1S/C19H17N3O3/c1-13(23)22-16(11-15-5-3-4-6-18(15)22)12-20-21-19(24)14-7-9-17(25-2)10-8-14/h3-12H,1-2H3,(H,21,24)/b20-12+. The van der Waals surface area contributed by atoms with Gasteiger partial charge in [-0.25, -0.2) is 5.43 Å². The number of rotatable bonds is 4. The van der Waals surface area contributed by atoms with Gasteiger partial charge in [0.1, 0.15) is 5.75 Å². The second kappa shape index (κ2) is 7.00. The van der Waals surface area contributed by atoms with E-state index in [1.807, 2.05) is 30.3 Å². The van der Waals surface area contributed by atoms with Gasteiger partial charge in [0, 0.05) is 17.9 Å². The van der Waals surface area contributed by atoms with E-state index in [0.29, 0.717) is 17.0 Å². The van der Waals surface area contributed by atoms with Gasteiger partial charge in [0.25, 0.3) is 5.91 Å². The minimum Gasteiger partial charge on any atom is -0.497 e. The van der Waals surface area contributed by atoms with Crippen molar-refractivity contribution in [2.75, 3.05) is 7.11 Å². The number of benzene rings is 2. The molecule has 0 spiro atoms. The number of nitrogens with zero attached hydrogens (tertiary/aromatic N) is 2. The smallest absolute Gasteiger partial charge is 0.271 e. The Bertz CT molecular complexity index is 956. The highest BCUT2D eigenvalue weighted by atomic mass is 16.5. The Morgan fingerprint density at radius 2 is 1.84 bits per heavy atom. The molecule has 0 fully saturated rings. The summed E-state index contributed by atoms with van der Waals surface area (Å²) in [5.74, 6) is 0.208. The van der Waals surface area contributed by atoms with Gasteiger partial charge in [-0.1, -0.05) is 18.2 Å². The van der Waals surface area contributed by atoms with Gasteiger partial charge < -0.3 is 4.74 Å². The summed E-state index contributed by atoms with van der Waals surface area (Å²) < 4.78 is 6.61. The molecule has 2 aromatic carbocycles. The highest BCUT2D eigenvalue weighted by Crippen LogP contribution is 2.18. The van der Waals surface area contributed by atoms with E-state index in [1.54, 1.807) is 35.9 Å². The zero-order chi connectivity index (χ0) is 17.8. The quantitative estimate of drug-likeness (QED) is 0.588. The van der Waals surface area contributed by atoms with Crippen LogP contribution in [0, 0.1) is 0 Å². The Kier molecular flexibility index (Phi) is 4.61. The molecule has 3 aromatic rings. The van der Waals surface area contributed by atoms with Crippen LogP contribution in [0.4, 0.5) is 0 Å². The van der Waals surface area contributed by atoms with Crippen LogP contribution in [0.15, 0.2) is 59.7 Å². The SMILES string of the molecule is COc1ccc(C(=O)N/N=C/c2cc3ccccc3n2C(C)=O)cc1. The number of nitrogens with one attached hydrogen (secondary N) is 1. The summed E-state index contributed by atoms with van der Waals surface area (Å²) in [6.45, 7) is 1.49.